The molecule has 0 spiro atoms. The first kappa shape index (κ1) is 16.0. The molecule has 0 bridgehead atoms. The van der Waals surface area contributed by atoms with Crippen molar-refractivity contribution in [2.45, 2.75) is 6.92 Å². The van der Waals surface area contributed by atoms with Crippen LogP contribution in [0.5, 0.6) is 0 Å². The van der Waals surface area contributed by atoms with Gasteiger partial charge in [-0.25, -0.2) is 10.1 Å². The molecule has 0 aliphatic heterocycles. The zero-order valence-electron chi connectivity index (χ0n) is 13.8. The van der Waals surface area contributed by atoms with Crippen molar-refractivity contribution >= 4 is 11.5 Å². The van der Waals surface area contributed by atoms with Crippen molar-refractivity contribution in [2.24, 2.45) is 4.99 Å². The molecule has 3 heteroatoms. The van der Waals surface area contributed by atoms with Crippen molar-refractivity contribution in [3.63, 3.8) is 0 Å². The summed E-state index contributed by atoms with van der Waals surface area (Å²) >= 11 is 0. The topological polar surface area (TPSA) is 35.8 Å². The quantitative estimate of drug-likeness (QED) is 0.416. The van der Waals surface area contributed by atoms with Gasteiger partial charge >= 0.3 is 0 Å². The summed E-state index contributed by atoms with van der Waals surface area (Å²) in [6.45, 7) is 2.03. The Balaban J connectivity index is 2.18. The van der Waals surface area contributed by atoms with Crippen molar-refractivity contribution in [2.75, 3.05) is 7.05 Å². The number of aliphatic imine (C=N–C) groups is 1. The Morgan fingerprint density at radius 1 is 0.833 bits per heavy atom. The fourth-order valence-corrected chi connectivity index (χ4v) is 2.67. The normalized spacial score (nSPS) is 11.4. The van der Waals surface area contributed by atoms with Gasteiger partial charge in [-0.05, 0) is 18.1 Å². The van der Waals surface area contributed by atoms with E-state index in [2.05, 4.69) is 18.2 Å². The van der Waals surface area contributed by atoms with E-state index in [-0.39, 0.29) is 0 Å². The smallest absolute Gasteiger partial charge is 0.159 e. The molecule has 0 saturated carbocycles. The first-order chi connectivity index (χ1) is 11.7. The summed E-state index contributed by atoms with van der Waals surface area (Å²) in [5.74, 6) is 0.516. The van der Waals surface area contributed by atoms with Gasteiger partial charge in [-0.1, -0.05) is 78.9 Å². The van der Waals surface area contributed by atoms with Gasteiger partial charge in [0.2, 0.25) is 0 Å². The number of hydroxylamine groups is 2. The summed E-state index contributed by atoms with van der Waals surface area (Å²) in [7, 11) is 1.59. The second kappa shape index (κ2) is 7.11. The van der Waals surface area contributed by atoms with Crippen LogP contribution in [0.4, 0.5) is 5.69 Å². The van der Waals surface area contributed by atoms with Gasteiger partial charge in [0.05, 0.1) is 5.69 Å². The van der Waals surface area contributed by atoms with Crippen LogP contribution in [0.1, 0.15) is 11.1 Å². The first-order valence-corrected chi connectivity index (χ1v) is 7.88. The molecular weight excluding hydrogens is 296 g/mol. The zero-order chi connectivity index (χ0) is 16.9. The van der Waals surface area contributed by atoms with Gasteiger partial charge in [-0.2, -0.15) is 0 Å². The van der Waals surface area contributed by atoms with E-state index in [1.54, 1.807) is 7.05 Å². The number of aryl methyl sites for hydroxylation is 1. The van der Waals surface area contributed by atoms with Gasteiger partial charge < -0.3 is 0 Å². The third kappa shape index (κ3) is 3.36. The Labute approximate surface area is 142 Å². The lowest BCUT2D eigenvalue weighted by Gasteiger charge is -2.16. The Morgan fingerprint density at radius 2 is 1.46 bits per heavy atom. The van der Waals surface area contributed by atoms with Crippen molar-refractivity contribution in [3.05, 3.63) is 90.0 Å². The van der Waals surface area contributed by atoms with E-state index in [4.69, 9.17) is 4.99 Å². The molecule has 3 nitrogen and oxygen atoms in total. The minimum atomic E-state index is 0.516. The summed E-state index contributed by atoms with van der Waals surface area (Å²) < 4.78 is 0. The molecule has 0 aliphatic carbocycles. The maximum absolute atomic E-state index is 10.1. The summed E-state index contributed by atoms with van der Waals surface area (Å²) in [5.41, 5.74) is 4.94. The number of amidine groups is 1. The average Bonchev–Trinajstić information content (AvgIpc) is 2.61. The average molecular weight is 316 g/mol. The van der Waals surface area contributed by atoms with Crippen LogP contribution in [0.25, 0.3) is 11.1 Å². The molecule has 3 aromatic rings. The van der Waals surface area contributed by atoms with Crippen LogP contribution in [0.3, 0.4) is 0 Å². The van der Waals surface area contributed by atoms with Gasteiger partial charge in [-0.15, -0.1) is 0 Å². The Bertz CT molecular complexity index is 840. The maximum Gasteiger partial charge on any atom is 0.159 e. The van der Waals surface area contributed by atoms with Crippen LogP contribution in [0.2, 0.25) is 0 Å². The highest BCUT2D eigenvalue weighted by atomic mass is 16.5. The highest BCUT2D eigenvalue weighted by Gasteiger charge is 2.12. The molecule has 0 saturated heterocycles. The minimum absolute atomic E-state index is 0.516. The summed E-state index contributed by atoms with van der Waals surface area (Å²) in [4.78, 5) is 4.80. The Hall–Kier alpha value is -2.91. The monoisotopic (exact) mass is 316 g/mol. The summed E-state index contributed by atoms with van der Waals surface area (Å²) in [5, 5.41) is 11.1. The van der Waals surface area contributed by atoms with Crippen LogP contribution in [-0.2, 0) is 0 Å². The Morgan fingerprint density at radius 3 is 2.08 bits per heavy atom. The number of para-hydroxylation sites is 1. The van der Waals surface area contributed by atoms with Crippen LogP contribution in [0, 0.1) is 6.92 Å². The second-order valence-corrected chi connectivity index (χ2v) is 5.66. The van der Waals surface area contributed by atoms with Gasteiger partial charge in [0.15, 0.2) is 5.84 Å². The van der Waals surface area contributed by atoms with E-state index < -0.39 is 0 Å². The van der Waals surface area contributed by atoms with Gasteiger partial charge in [0.1, 0.15) is 0 Å². The number of hydrogen-bond acceptors (Lipinski definition) is 2. The number of benzene rings is 3. The van der Waals surface area contributed by atoms with E-state index in [1.165, 1.54) is 0 Å². The highest BCUT2D eigenvalue weighted by Crippen LogP contribution is 2.33. The molecule has 24 heavy (non-hydrogen) atoms. The predicted molar refractivity (Wildman–Crippen MR) is 98.8 cm³/mol. The molecule has 3 aromatic carbocycles. The number of rotatable bonds is 3. The minimum Gasteiger partial charge on any atom is -0.287 e. The van der Waals surface area contributed by atoms with Gasteiger partial charge in [0.25, 0.3) is 0 Å². The molecule has 120 valence electrons. The van der Waals surface area contributed by atoms with Crippen LogP contribution < -0.4 is 0 Å². The number of hydrogen-bond donors (Lipinski definition) is 1. The third-order valence-electron chi connectivity index (χ3n) is 3.88. The molecule has 0 unspecified atom stereocenters. The van der Waals surface area contributed by atoms with Crippen LogP contribution in [-0.4, -0.2) is 23.2 Å². The largest absolute Gasteiger partial charge is 0.287 e. The lowest BCUT2D eigenvalue weighted by Crippen LogP contribution is -2.23. The standard InChI is InChI=1S/C21H20N2O/c1-16-10-9-15-19(17-11-5-3-6-12-17)20(16)22-21(23(2)24)18-13-7-4-8-14-18/h3-15,24H,1-2H3. The molecule has 0 atom stereocenters. The van der Waals surface area contributed by atoms with E-state index in [0.717, 1.165) is 33.0 Å². The lowest BCUT2D eigenvalue weighted by atomic mass is 10.0. The lowest BCUT2D eigenvalue weighted by molar-refractivity contribution is 0.0144. The van der Waals surface area contributed by atoms with E-state index >= 15 is 0 Å². The molecule has 0 fully saturated rings. The second-order valence-electron chi connectivity index (χ2n) is 5.66. The molecule has 3 rings (SSSR count). The van der Waals surface area contributed by atoms with E-state index in [1.807, 2.05) is 67.6 Å². The maximum atomic E-state index is 10.1. The molecule has 0 amide bonds. The first-order valence-electron chi connectivity index (χ1n) is 7.88. The SMILES string of the molecule is Cc1cccc(-c2ccccc2)c1N=C(c1ccccc1)N(C)O. The predicted octanol–water partition coefficient (Wildman–Crippen LogP) is 5.06. The van der Waals surface area contributed by atoms with E-state index in [9.17, 15) is 5.21 Å². The zero-order valence-corrected chi connectivity index (χ0v) is 13.8. The van der Waals surface area contributed by atoms with Gasteiger partial charge in [-0.3, -0.25) is 5.21 Å². The van der Waals surface area contributed by atoms with Crippen molar-refractivity contribution in [3.8, 4) is 11.1 Å². The van der Waals surface area contributed by atoms with Crippen LogP contribution >= 0.6 is 0 Å². The highest BCUT2D eigenvalue weighted by molar-refractivity contribution is 6.00. The summed E-state index contributed by atoms with van der Waals surface area (Å²) in [6, 6.07) is 26.0. The number of nitrogens with zero attached hydrogens (tertiary/aromatic N) is 2. The molecular formula is C21H20N2O. The molecule has 1 N–H and O–H groups in total. The summed E-state index contributed by atoms with van der Waals surface area (Å²) in [6.07, 6.45) is 0. The van der Waals surface area contributed by atoms with E-state index in [0.29, 0.717) is 5.84 Å². The van der Waals surface area contributed by atoms with Crippen molar-refractivity contribution in [1.82, 2.24) is 5.06 Å². The molecule has 0 radical (unpaired) electrons. The van der Waals surface area contributed by atoms with Crippen molar-refractivity contribution in [1.29, 1.82) is 0 Å². The molecule has 0 aliphatic rings. The fourth-order valence-electron chi connectivity index (χ4n) is 2.67. The Kier molecular flexibility index (Phi) is 4.73. The van der Waals surface area contributed by atoms with Crippen molar-refractivity contribution < 1.29 is 5.21 Å². The third-order valence-corrected chi connectivity index (χ3v) is 3.88. The van der Waals surface area contributed by atoms with Crippen LogP contribution in [0.15, 0.2) is 83.9 Å². The van der Waals surface area contributed by atoms with Gasteiger partial charge in [0, 0.05) is 18.2 Å². The fraction of sp³-hybridized carbons (Fsp3) is 0.0952. The molecule has 0 aromatic heterocycles. The molecule has 0 heterocycles.